The van der Waals surface area contributed by atoms with E-state index in [0.717, 1.165) is 17.7 Å². The molecule has 2 aromatic rings. The Morgan fingerprint density at radius 1 is 1.32 bits per heavy atom. The molecule has 0 aliphatic heterocycles. The molecule has 0 N–H and O–H groups in total. The Balaban J connectivity index is 2.02. The standard InChI is InChI=1S/C15H16F3N3O/c1-20(9-12-8-19-21(2)10-12)14(22)7-11-4-3-5-13(6-11)15(16,17)18/h3-6,8,10H,7,9H2,1-2H3. The van der Waals surface area contributed by atoms with E-state index >= 15 is 0 Å². The number of alkyl halides is 3. The number of amides is 1. The summed E-state index contributed by atoms with van der Waals surface area (Å²) in [6, 6.07) is 4.83. The quantitative estimate of drug-likeness (QED) is 0.870. The van der Waals surface area contributed by atoms with Crippen LogP contribution in [0.1, 0.15) is 16.7 Å². The first-order valence-electron chi connectivity index (χ1n) is 6.63. The molecule has 0 saturated carbocycles. The highest BCUT2D eigenvalue weighted by molar-refractivity contribution is 5.78. The molecule has 0 aliphatic carbocycles. The fraction of sp³-hybridized carbons (Fsp3) is 0.333. The van der Waals surface area contributed by atoms with E-state index in [1.165, 1.54) is 17.0 Å². The molecule has 0 spiro atoms. The van der Waals surface area contributed by atoms with Crippen molar-refractivity contribution in [3.63, 3.8) is 0 Å². The van der Waals surface area contributed by atoms with Gasteiger partial charge < -0.3 is 4.90 Å². The summed E-state index contributed by atoms with van der Waals surface area (Å²) >= 11 is 0. The maximum atomic E-state index is 12.6. The Morgan fingerprint density at radius 3 is 2.64 bits per heavy atom. The Bertz CT molecular complexity index is 664. The van der Waals surface area contributed by atoms with Crippen molar-refractivity contribution in [1.82, 2.24) is 14.7 Å². The van der Waals surface area contributed by atoms with Crippen molar-refractivity contribution in [2.75, 3.05) is 7.05 Å². The summed E-state index contributed by atoms with van der Waals surface area (Å²) in [7, 11) is 3.39. The van der Waals surface area contributed by atoms with Crippen LogP contribution >= 0.6 is 0 Å². The molecular weight excluding hydrogens is 295 g/mol. The fourth-order valence-corrected chi connectivity index (χ4v) is 2.08. The Morgan fingerprint density at radius 2 is 2.05 bits per heavy atom. The monoisotopic (exact) mass is 311 g/mol. The van der Waals surface area contributed by atoms with E-state index < -0.39 is 11.7 Å². The van der Waals surface area contributed by atoms with E-state index in [4.69, 9.17) is 0 Å². The average Bonchev–Trinajstić information content (AvgIpc) is 2.83. The van der Waals surface area contributed by atoms with Crippen molar-refractivity contribution in [3.05, 3.63) is 53.3 Å². The molecule has 2 rings (SSSR count). The first-order valence-corrected chi connectivity index (χ1v) is 6.63. The second-order valence-electron chi connectivity index (χ2n) is 5.15. The lowest BCUT2D eigenvalue weighted by molar-refractivity contribution is -0.138. The fourth-order valence-electron chi connectivity index (χ4n) is 2.08. The molecule has 1 amide bonds. The molecule has 0 bridgehead atoms. The molecular formula is C15H16F3N3O. The van der Waals surface area contributed by atoms with Crippen LogP contribution in [0.15, 0.2) is 36.7 Å². The third-order valence-electron chi connectivity index (χ3n) is 3.21. The summed E-state index contributed by atoms with van der Waals surface area (Å²) in [6.07, 6.45) is -1.04. The third-order valence-corrected chi connectivity index (χ3v) is 3.21. The molecule has 0 unspecified atom stereocenters. The Labute approximate surface area is 126 Å². The van der Waals surface area contributed by atoms with Crippen molar-refractivity contribution in [3.8, 4) is 0 Å². The number of carbonyl (C=O) groups is 1. The van der Waals surface area contributed by atoms with Crippen molar-refractivity contribution in [2.24, 2.45) is 7.05 Å². The van der Waals surface area contributed by atoms with Gasteiger partial charge in [-0.1, -0.05) is 18.2 Å². The Hall–Kier alpha value is -2.31. The summed E-state index contributed by atoms with van der Waals surface area (Å²) in [4.78, 5) is 13.6. The zero-order chi connectivity index (χ0) is 16.3. The molecule has 0 radical (unpaired) electrons. The summed E-state index contributed by atoms with van der Waals surface area (Å²) in [5.41, 5.74) is 0.466. The number of likely N-dealkylation sites (N-methyl/N-ethyl adjacent to an activating group) is 1. The highest BCUT2D eigenvalue weighted by atomic mass is 19.4. The zero-order valence-electron chi connectivity index (χ0n) is 12.3. The van der Waals surface area contributed by atoms with E-state index in [-0.39, 0.29) is 12.3 Å². The molecule has 22 heavy (non-hydrogen) atoms. The SMILES string of the molecule is CN(Cc1cnn(C)c1)C(=O)Cc1cccc(C(F)(F)F)c1. The molecule has 0 aliphatic rings. The van der Waals surface area contributed by atoms with Gasteiger partial charge in [-0.15, -0.1) is 0 Å². The van der Waals surface area contributed by atoms with Crippen LogP contribution in [0.3, 0.4) is 0 Å². The first kappa shape index (κ1) is 16.1. The van der Waals surface area contributed by atoms with E-state index in [9.17, 15) is 18.0 Å². The smallest absolute Gasteiger partial charge is 0.341 e. The highest BCUT2D eigenvalue weighted by Crippen LogP contribution is 2.29. The lowest BCUT2D eigenvalue weighted by Crippen LogP contribution is -2.27. The molecule has 1 aromatic heterocycles. The van der Waals surface area contributed by atoms with Crippen molar-refractivity contribution < 1.29 is 18.0 Å². The second kappa shape index (κ2) is 6.21. The van der Waals surface area contributed by atoms with Gasteiger partial charge in [-0.3, -0.25) is 9.48 Å². The third kappa shape index (κ3) is 4.09. The van der Waals surface area contributed by atoms with Gasteiger partial charge in [-0.05, 0) is 11.6 Å². The van der Waals surface area contributed by atoms with E-state index in [0.29, 0.717) is 12.1 Å². The van der Waals surface area contributed by atoms with Gasteiger partial charge in [0.25, 0.3) is 0 Å². The van der Waals surface area contributed by atoms with Gasteiger partial charge >= 0.3 is 6.18 Å². The number of hydrogen-bond acceptors (Lipinski definition) is 2. The number of halogens is 3. The van der Waals surface area contributed by atoms with Crippen LogP contribution in [0, 0.1) is 0 Å². The van der Waals surface area contributed by atoms with Crippen LogP contribution in [-0.2, 0) is 31.0 Å². The highest BCUT2D eigenvalue weighted by Gasteiger charge is 2.30. The molecule has 1 heterocycles. The minimum atomic E-state index is -4.40. The lowest BCUT2D eigenvalue weighted by atomic mass is 10.1. The summed E-state index contributed by atoms with van der Waals surface area (Å²) in [5, 5.41) is 4.01. The first-order chi connectivity index (χ1) is 10.3. The molecule has 0 fully saturated rings. The minimum Gasteiger partial charge on any atom is -0.341 e. The van der Waals surface area contributed by atoms with Crippen LogP contribution in [0.25, 0.3) is 0 Å². The van der Waals surface area contributed by atoms with Gasteiger partial charge in [0, 0.05) is 32.4 Å². The second-order valence-corrected chi connectivity index (χ2v) is 5.15. The maximum Gasteiger partial charge on any atom is 0.416 e. The topological polar surface area (TPSA) is 38.1 Å². The molecule has 118 valence electrons. The van der Waals surface area contributed by atoms with Gasteiger partial charge in [0.1, 0.15) is 0 Å². The maximum absolute atomic E-state index is 12.6. The number of nitrogens with zero attached hydrogens (tertiary/aromatic N) is 3. The van der Waals surface area contributed by atoms with Crippen molar-refractivity contribution in [1.29, 1.82) is 0 Å². The number of aryl methyl sites for hydroxylation is 1. The van der Waals surface area contributed by atoms with E-state index in [1.807, 2.05) is 0 Å². The van der Waals surface area contributed by atoms with E-state index in [2.05, 4.69) is 5.10 Å². The van der Waals surface area contributed by atoms with Gasteiger partial charge in [0.2, 0.25) is 5.91 Å². The predicted octanol–water partition coefficient (Wildman–Crippen LogP) is 2.64. The van der Waals surface area contributed by atoms with Gasteiger partial charge in [0.15, 0.2) is 0 Å². The largest absolute Gasteiger partial charge is 0.416 e. The number of aromatic nitrogens is 2. The normalized spacial score (nSPS) is 11.5. The van der Waals surface area contributed by atoms with Crippen LogP contribution < -0.4 is 0 Å². The van der Waals surface area contributed by atoms with Crippen LogP contribution in [-0.4, -0.2) is 27.6 Å². The number of benzene rings is 1. The Kier molecular flexibility index (Phi) is 4.54. The average molecular weight is 311 g/mol. The van der Waals surface area contributed by atoms with E-state index in [1.54, 1.807) is 31.2 Å². The van der Waals surface area contributed by atoms with Gasteiger partial charge in [-0.2, -0.15) is 18.3 Å². The van der Waals surface area contributed by atoms with Crippen LogP contribution in [0.5, 0.6) is 0 Å². The summed E-state index contributed by atoms with van der Waals surface area (Å²) in [5.74, 6) is -0.247. The van der Waals surface area contributed by atoms with Crippen LogP contribution in [0.2, 0.25) is 0 Å². The van der Waals surface area contributed by atoms with Crippen LogP contribution in [0.4, 0.5) is 13.2 Å². The molecule has 0 atom stereocenters. The number of rotatable bonds is 4. The lowest BCUT2D eigenvalue weighted by Gasteiger charge is -2.16. The zero-order valence-corrected chi connectivity index (χ0v) is 12.3. The molecule has 4 nitrogen and oxygen atoms in total. The summed E-state index contributed by atoms with van der Waals surface area (Å²) < 4.78 is 39.6. The number of hydrogen-bond donors (Lipinski definition) is 0. The van der Waals surface area contributed by atoms with Gasteiger partial charge in [0.05, 0.1) is 18.2 Å². The minimum absolute atomic E-state index is 0.0688. The molecule has 0 saturated heterocycles. The number of carbonyl (C=O) groups excluding carboxylic acids is 1. The van der Waals surface area contributed by atoms with Gasteiger partial charge in [-0.25, -0.2) is 0 Å². The molecule has 1 aromatic carbocycles. The predicted molar refractivity (Wildman–Crippen MR) is 74.8 cm³/mol. The summed E-state index contributed by atoms with van der Waals surface area (Å²) in [6.45, 7) is 0.367. The van der Waals surface area contributed by atoms with Crippen molar-refractivity contribution >= 4 is 5.91 Å². The molecule has 7 heteroatoms. The van der Waals surface area contributed by atoms with Crippen molar-refractivity contribution in [2.45, 2.75) is 19.1 Å².